The molecule has 0 bridgehead atoms. The molecular formula is C19H29NO6. The van der Waals surface area contributed by atoms with Crippen LogP contribution in [-0.2, 0) is 20.7 Å². The Labute approximate surface area is 153 Å². The van der Waals surface area contributed by atoms with Gasteiger partial charge in [-0.25, -0.2) is 0 Å². The first-order chi connectivity index (χ1) is 12.3. The predicted molar refractivity (Wildman–Crippen MR) is 95.2 cm³/mol. The summed E-state index contributed by atoms with van der Waals surface area (Å²) in [7, 11) is 0. The summed E-state index contributed by atoms with van der Waals surface area (Å²) < 4.78 is 10.9. The molecule has 3 unspecified atom stereocenters. The molecule has 146 valence electrons. The Morgan fingerprint density at radius 1 is 1.27 bits per heavy atom. The van der Waals surface area contributed by atoms with Crippen LogP contribution in [0.15, 0.2) is 30.3 Å². The van der Waals surface area contributed by atoms with Gasteiger partial charge in [-0.3, -0.25) is 4.79 Å². The lowest BCUT2D eigenvalue weighted by Gasteiger charge is -2.41. The van der Waals surface area contributed by atoms with E-state index in [2.05, 4.69) is 5.32 Å². The summed E-state index contributed by atoms with van der Waals surface area (Å²) in [5.74, 6) is -0.834. The lowest BCUT2D eigenvalue weighted by Crippen LogP contribution is -2.57. The normalized spacial score (nSPS) is 31.2. The summed E-state index contributed by atoms with van der Waals surface area (Å²) in [4.78, 5) is 12.4. The number of carbonyl (C=O) groups is 1. The van der Waals surface area contributed by atoms with Gasteiger partial charge in [-0.1, -0.05) is 37.3 Å². The Bertz CT molecular complexity index is 568. The molecule has 1 aromatic carbocycles. The molecule has 1 aliphatic heterocycles. The van der Waals surface area contributed by atoms with Crippen molar-refractivity contribution in [3.63, 3.8) is 0 Å². The number of nitrogens with one attached hydrogen (secondary N) is 1. The van der Waals surface area contributed by atoms with Crippen LogP contribution in [0.3, 0.4) is 0 Å². The maximum absolute atomic E-state index is 12.4. The molecule has 1 aromatic rings. The molecule has 1 fully saturated rings. The average molecular weight is 367 g/mol. The summed E-state index contributed by atoms with van der Waals surface area (Å²) in [6.45, 7) is 4.73. The second-order valence-electron chi connectivity index (χ2n) is 6.94. The van der Waals surface area contributed by atoms with Crippen LogP contribution < -0.4 is 5.32 Å². The number of aliphatic hydroxyl groups excluding tert-OH is 3. The average Bonchev–Trinajstić information content (AvgIpc) is 2.62. The van der Waals surface area contributed by atoms with Gasteiger partial charge in [0.1, 0.15) is 18.3 Å². The summed E-state index contributed by atoms with van der Waals surface area (Å²) >= 11 is 0. The fraction of sp³-hybridized carbons (Fsp3) is 0.632. The number of ether oxygens (including phenoxy) is 2. The lowest BCUT2D eigenvalue weighted by atomic mass is 9.92. The molecule has 1 heterocycles. The number of benzene rings is 1. The van der Waals surface area contributed by atoms with Crippen molar-refractivity contribution in [3.8, 4) is 0 Å². The molecule has 2 rings (SSSR count). The Balaban J connectivity index is 1.90. The van der Waals surface area contributed by atoms with Crippen molar-refractivity contribution in [2.75, 3.05) is 6.61 Å². The van der Waals surface area contributed by atoms with Crippen LogP contribution in [0, 0.1) is 5.92 Å². The molecule has 0 radical (unpaired) electrons. The van der Waals surface area contributed by atoms with Crippen molar-refractivity contribution in [1.82, 2.24) is 5.32 Å². The number of rotatable bonds is 7. The largest absolute Gasteiger partial charge is 0.394 e. The van der Waals surface area contributed by atoms with E-state index in [1.165, 1.54) is 0 Å². The molecule has 1 aliphatic rings. The van der Waals surface area contributed by atoms with Crippen LogP contribution in [0.5, 0.6) is 0 Å². The minimum atomic E-state index is -1.17. The molecule has 7 atom stereocenters. The van der Waals surface area contributed by atoms with Crippen molar-refractivity contribution < 1.29 is 29.6 Å². The van der Waals surface area contributed by atoms with Crippen molar-refractivity contribution in [3.05, 3.63) is 35.9 Å². The summed E-state index contributed by atoms with van der Waals surface area (Å²) in [6.07, 6.45) is -4.19. The summed E-state index contributed by atoms with van der Waals surface area (Å²) in [5.41, 5.74) is 1.12. The second-order valence-corrected chi connectivity index (χ2v) is 6.94. The molecule has 0 saturated carbocycles. The van der Waals surface area contributed by atoms with Crippen LogP contribution in [0.25, 0.3) is 0 Å². The Morgan fingerprint density at radius 2 is 1.92 bits per heavy atom. The molecule has 1 saturated heterocycles. The summed E-state index contributed by atoms with van der Waals surface area (Å²) in [5, 5.41) is 32.3. The van der Waals surface area contributed by atoms with Gasteiger partial charge in [-0.15, -0.1) is 0 Å². The fourth-order valence-electron chi connectivity index (χ4n) is 3.10. The van der Waals surface area contributed by atoms with Crippen LogP contribution in [0.2, 0.25) is 0 Å². The van der Waals surface area contributed by atoms with E-state index in [0.29, 0.717) is 6.42 Å². The van der Waals surface area contributed by atoms with Crippen LogP contribution in [0.4, 0.5) is 0 Å². The predicted octanol–water partition coefficient (Wildman–Crippen LogP) is 0.214. The highest BCUT2D eigenvalue weighted by Gasteiger charge is 2.44. The second kappa shape index (κ2) is 9.43. The van der Waals surface area contributed by atoms with Crippen molar-refractivity contribution in [2.24, 2.45) is 5.92 Å². The Kier molecular flexibility index (Phi) is 7.55. The zero-order valence-corrected chi connectivity index (χ0v) is 15.4. The molecule has 1 amide bonds. The maximum Gasteiger partial charge on any atom is 0.249 e. The quantitative estimate of drug-likeness (QED) is 0.549. The van der Waals surface area contributed by atoms with Gasteiger partial charge in [-0.05, 0) is 25.8 Å². The van der Waals surface area contributed by atoms with Gasteiger partial charge in [0.2, 0.25) is 5.91 Å². The highest BCUT2D eigenvalue weighted by molar-refractivity contribution is 5.80. The third-order valence-corrected chi connectivity index (χ3v) is 4.68. The van der Waals surface area contributed by atoms with E-state index >= 15 is 0 Å². The number of amides is 1. The summed E-state index contributed by atoms with van der Waals surface area (Å²) in [6, 6.07) is 9.76. The molecule has 4 N–H and O–H groups in total. The van der Waals surface area contributed by atoms with Gasteiger partial charge < -0.3 is 30.1 Å². The standard InChI is InChI=1S/C19H29NO6/c1-11(9-14-7-5-4-6-8-14)20-18(23)13(3)25-17-12(2)19(24)26-15(10-21)16(17)22/h4-8,11-13,15-17,19,21-22,24H,9-10H2,1-3H3,(H,20,23)/t11-,12-,13-,15?,16+,17?,19?/m0/s1. The molecule has 7 heteroatoms. The molecule has 7 nitrogen and oxygen atoms in total. The lowest BCUT2D eigenvalue weighted by molar-refractivity contribution is -0.278. The van der Waals surface area contributed by atoms with E-state index in [1.807, 2.05) is 37.3 Å². The third-order valence-electron chi connectivity index (χ3n) is 4.68. The number of hydrogen-bond acceptors (Lipinski definition) is 6. The van der Waals surface area contributed by atoms with Crippen LogP contribution in [0.1, 0.15) is 26.3 Å². The van der Waals surface area contributed by atoms with Gasteiger partial charge in [0.25, 0.3) is 0 Å². The Morgan fingerprint density at radius 3 is 2.54 bits per heavy atom. The van der Waals surface area contributed by atoms with Gasteiger partial charge in [0.05, 0.1) is 12.7 Å². The van der Waals surface area contributed by atoms with E-state index in [9.17, 15) is 20.1 Å². The first-order valence-electron chi connectivity index (χ1n) is 8.95. The van der Waals surface area contributed by atoms with Crippen molar-refractivity contribution in [2.45, 2.75) is 63.9 Å². The zero-order valence-electron chi connectivity index (χ0n) is 15.4. The first-order valence-corrected chi connectivity index (χ1v) is 8.95. The van der Waals surface area contributed by atoms with Gasteiger partial charge in [0, 0.05) is 12.0 Å². The van der Waals surface area contributed by atoms with E-state index in [4.69, 9.17) is 9.47 Å². The number of hydrogen-bond donors (Lipinski definition) is 4. The van der Waals surface area contributed by atoms with Crippen molar-refractivity contribution >= 4 is 5.91 Å². The first kappa shape index (κ1) is 20.8. The molecule has 26 heavy (non-hydrogen) atoms. The molecule has 0 aliphatic carbocycles. The maximum atomic E-state index is 12.4. The van der Waals surface area contributed by atoms with Gasteiger partial charge in [-0.2, -0.15) is 0 Å². The smallest absolute Gasteiger partial charge is 0.249 e. The highest BCUT2D eigenvalue weighted by Crippen LogP contribution is 2.27. The van der Waals surface area contributed by atoms with Crippen molar-refractivity contribution in [1.29, 1.82) is 0 Å². The molecular weight excluding hydrogens is 338 g/mol. The topological polar surface area (TPSA) is 108 Å². The minimum absolute atomic E-state index is 0.0798. The van der Waals surface area contributed by atoms with Crippen LogP contribution >= 0.6 is 0 Å². The van der Waals surface area contributed by atoms with Gasteiger partial charge >= 0.3 is 0 Å². The van der Waals surface area contributed by atoms with E-state index in [0.717, 1.165) is 5.56 Å². The van der Waals surface area contributed by atoms with E-state index in [-0.39, 0.29) is 11.9 Å². The van der Waals surface area contributed by atoms with E-state index in [1.54, 1.807) is 13.8 Å². The monoisotopic (exact) mass is 367 g/mol. The van der Waals surface area contributed by atoms with E-state index < -0.39 is 43.2 Å². The zero-order chi connectivity index (χ0) is 19.3. The SMILES string of the molecule is C[C@@H]1C(O)OC(CO)[C@@H](O)C1O[C@@H](C)C(=O)N[C@@H](C)Cc1ccccc1. The minimum Gasteiger partial charge on any atom is -0.394 e. The molecule has 0 aromatic heterocycles. The number of aliphatic hydroxyl groups is 3. The fourth-order valence-corrected chi connectivity index (χ4v) is 3.10. The third kappa shape index (κ3) is 5.25. The molecule has 0 spiro atoms. The van der Waals surface area contributed by atoms with Crippen LogP contribution in [-0.4, -0.2) is 64.6 Å². The van der Waals surface area contributed by atoms with Gasteiger partial charge in [0.15, 0.2) is 6.29 Å². The Hall–Kier alpha value is -1.51. The number of carbonyl (C=O) groups excluding carboxylic acids is 1. The highest BCUT2D eigenvalue weighted by atomic mass is 16.6.